The molecule has 39 heavy (non-hydrogen) atoms. The molecule has 1 saturated heterocycles. The van der Waals surface area contributed by atoms with Crippen LogP contribution in [0.3, 0.4) is 0 Å². The number of nitro groups is 1. The lowest BCUT2D eigenvalue weighted by atomic mass is 9.84. The lowest BCUT2D eigenvalue weighted by Crippen LogP contribution is -2.42. The third kappa shape index (κ3) is 5.70. The summed E-state index contributed by atoms with van der Waals surface area (Å²) < 4.78 is 6.09. The van der Waals surface area contributed by atoms with Gasteiger partial charge in [0, 0.05) is 43.0 Å². The van der Waals surface area contributed by atoms with Crippen molar-refractivity contribution in [2.24, 2.45) is 0 Å². The summed E-state index contributed by atoms with van der Waals surface area (Å²) in [6.45, 7) is 6.02. The molecule has 0 atom stereocenters. The van der Waals surface area contributed by atoms with Crippen LogP contribution in [0.15, 0.2) is 60.8 Å². The minimum atomic E-state index is -1.13. The van der Waals surface area contributed by atoms with Gasteiger partial charge in [-0.2, -0.15) is 0 Å². The van der Waals surface area contributed by atoms with E-state index in [0.29, 0.717) is 38.1 Å². The van der Waals surface area contributed by atoms with Crippen molar-refractivity contribution >= 4 is 22.9 Å². The first-order chi connectivity index (χ1) is 18.5. The second-order valence-corrected chi connectivity index (χ2v) is 11.2. The molecule has 3 heterocycles. The number of hydrogen-bond donors (Lipinski definition) is 2. The van der Waals surface area contributed by atoms with Gasteiger partial charge in [-0.05, 0) is 74.1 Å². The Morgan fingerprint density at radius 3 is 2.67 bits per heavy atom. The van der Waals surface area contributed by atoms with Gasteiger partial charge in [-0.15, -0.1) is 0 Å². The molecule has 0 saturated carbocycles. The van der Waals surface area contributed by atoms with E-state index in [4.69, 9.17) is 16.3 Å². The Balaban J connectivity index is 1.33. The zero-order valence-electron chi connectivity index (χ0n) is 22.1. The first kappa shape index (κ1) is 27.3. The van der Waals surface area contributed by atoms with E-state index >= 15 is 0 Å². The van der Waals surface area contributed by atoms with Crippen molar-refractivity contribution in [2.45, 2.75) is 50.9 Å². The Bertz CT molecular complexity index is 1420. The van der Waals surface area contributed by atoms with Crippen molar-refractivity contribution in [1.82, 2.24) is 9.88 Å². The summed E-state index contributed by atoms with van der Waals surface area (Å²) in [5, 5.41) is 33.3. The third-order valence-corrected chi connectivity index (χ3v) is 8.00. The molecule has 2 aliphatic rings. The molecule has 204 valence electrons. The van der Waals surface area contributed by atoms with Crippen molar-refractivity contribution in [1.29, 1.82) is 0 Å². The molecule has 8 nitrogen and oxygen atoms in total. The summed E-state index contributed by atoms with van der Waals surface area (Å²) in [5.74, 6) is 0.757. The van der Waals surface area contributed by atoms with E-state index in [1.165, 1.54) is 12.1 Å². The molecule has 9 heteroatoms. The van der Waals surface area contributed by atoms with E-state index in [0.717, 1.165) is 46.7 Å². The summed E-state index contributed by atoms with van der Waals surface area (Å²) in [6.07, 6.45) is 5.68. The highest BCUT2D eigenvalue weighted by molar-refractivity contribution is 6.32. The van der Waals surface area contributed by atoms with Crippen LogP contribution < -0.4 is 4.74 Å². The van der Waals surface area contributed by atoms with Crippen LogP contribution >= 0.6 is 11.6 Å². The lowest BCUT2D eigenvalue weighted by Gasteiger charge is -2.38. The number of benzene rings is 2. The van der Waals surface area contributed by atoms with E-state index in [2.05, 4.69) is 22.0 Å². The highest BCUT2D eigenvalue weighted by Crippen LogP contribution is 2.39. The van der Waals surface area contributed by atoms with Crippen molar-refractivity contribution in [3.8, 4) is 5.75 Å². The van der Waals surface area contributed by atoms with Gasteiger partial charge in [0.2, 0.25) is 0 Å². The molecular formula is C30H32ClN3O5. The van der Waals surface area contributed by atoms with Crippen LogP contribution in [0.4, 0.5) is 5.69 Å². The number of nitrogens with zero attached hydrogens (tertiary/aromatic N) is 3. The number of fused-ring (bicyclic) bond motifs is 2. The zero-order chi connectivity index (χ0) is 27.8. The number of nitro benzene ring substituents is 1. The topological polar surface area (TPSA) is 109 Å². The predicted octanol–water partition coefficient (Wildman–Crippen LogP) is 5.57. The predicted molar refractivity (Wildman–Crippen MR) is 150 cm³/mol. The second-order valence-electron chi connectivity index (χ2n) is 10.8. The number of ether oxygens (including phenoxy) is 1. The molecular weight excluding hydrogens is 518 g/mol. The van der Waals surface area contributed by atoms with Crippen LogP contribution in [0, 0.1) is 10.1 Å². The molecule has 3 aromatic rings. The largest absolute Gasteiger partial charge is 0.487 e. The van der Waals surface area contributed by atoms with Crippen LogP contribution in [-0.4, -0.2) is 44.7 Å². The maximum absolute atomic E-state index is 11.3. The fourth-order valence-electron chi connectivity index (χ4n) is 5.32. The molecule has 2 N–H and O–H groups in total. The number of aromatic nitrogens is 1. The van der Waals surface area contributed by atoms with Gasteiger partial charge in [-0.1, -0.05) is 35.9 Å². The van der Waals surface area contributed by atoms with E-state index in [9.17, 15) is 20.3 Å². The Labute approximate surface area is 232 Å². The van der Waals surface area contributed by atoms with Crippen molar-refractivity contribution in [3.05, 3.63) is 104 Å². The number of halogens is 1. The Hall–Kier alpha value is -3.30. The molecule has 1 aromatic heterocycles. The minimum absolute atomic E-state index is 0.0646. The average Bonchev–Trinajstić information content (AvgIpc) is 3.06. The lowest BCUT2D eigenvalue weighted by molar-refractivity contribution is -0.384. The molecule has 0 unspecified atom stereocenters. The van der Waals surface area contributed by atoms with Crippen LogP contribution in [0.5, 0.6) is 5.75 Å². The van der Waals surface area contributed by atoms with Crippen LogP contribution in [0.2, 0.25) is 5.02 Å². The summed E-state index contributed by atoms with van der Waals surface area (Å²) in [5.41, 5.74) is 2.87. The first-order valence-electron chi connectivity index (χ1n) is 13.1. The quantitative estimate of drug-likeness (QED) is 0.305. The molecule has 0 radical (unpaired) electrons. The minimum Gasteiger partial charge on any atom is -0.487 e. The van der Waals surface area contributed by atoms with Crippen LogP contribution in [0.1, 0.15) is 61.1 Å². The highest BCUT2D eigenvalue weighted by Gasteiger charge is 2.35. The zero-order valence-corrected chi connectivity index (χ0v) is 22.8. The molecule has 5 rings (SSSR count). The van der Waals surface area contributed by atoms with Gasteiger partial charge in [0.1, 0.15) is 17.4 Å². The van der Waals surface area contributed by atoms with Crippen molar-refractivity contribution in [2.75, 3.05) is 19.6 Å². The monoisotopic (exact) mass is 549 g/mol. The number of piperidine rings is 1. The van der Waals surface area contributed by atoms with Gasteiger partial charge >= 0.3 is 0 Å². The molecule has 0 amide bonds. The first-order valence-corrected chi connectivity index (χ1v) is 13.5. The van der Waals surface area contributed by atoms with E-state index in [-0.39, 0.29) is 10.7 Å². The summed E-state index contributed by atoms with van der Waals surface area (Å²) in [7, 11) is 0. The fraction of sp³-hybridized carbons (Fsp3) is 0.367. The maximum atomic E-state index is 11.3. The van der Waals surface area contributed by atoms with Crippen molar-refractivity contribution in [3.63, 3.8) is 0 Å². The van der Waals surface area contributed by atoms with Gasteiger partial charge in [0.25, 0.3) is 5.69 Å². The highest BCUT2D eigenvalue weighted by atomic mass is 35.5. The van der Waals surface area contributed by atoms with Gasteiger partial charge in [0.15, 0.2) is 0 Å². The molecule has 2 aliphatic heterocycles. The smallest absolute Gasteiger partial charge is 0.288 e. The number of aliphatic hydroxyl groups is 2. The van der Waals surface area contributed by atoms with Crippen LogP contribution in [0.25, 0.3) is 5.57 Å². The van der Waals surface area contributed by atoms with Crippen molar-refractivity contribution < 1.29 is 19.9 Å². The summed E-state index contributed by atoms with van der Waals surface area (Å²) in [4.78, 5) is 17.6. The van der Waals surface area contributed by atoms with E-state index < -0.39 is 16.1 Å². The number of rotatable bonds is 6. The number of likely N-dealkylation sites (tertiary alicyclic amines) is 1. The third-order valence-electron chi connectivity index (χ3n) is 7.68. The molecule has 0 spiro atoms. The molecule has 2 aromatic carbocycles. The molecule has 1 fully saturated rings. The SMILES string of the molecule is CC(C)(O)c1ccc2c(c1)C(=CCCN1CCC(O)(c3ccc(Cl)c([N+](=O)[O-])c3)CC1)c1cccnc1CO2. The Kier molecular flexibility index (Phi) is 7.48. The maximum Gasteiger partial charge on any atom is 0.288 e. The normalized spacial score (nSPS) is 18.1. The van der Waals surface area contributed by atoms with E-state index in [1.54, 1.807) is 26.1 Å². The number of hydrogen-bond acceptors (Lipinski definition) is 7. The van der Waals surface area contributed by atoms with Gasteiger partial charge < -0.3 is 19.8 Å². The Morgan fingerprint density at radius 2 is 1.95 bits per heavy atom. The van der Waals surface area contributed by atoms with Crippen LogP contribution in [-0.2, 0) is 17.8 Å². The molecule has 0 bridgehead atoms. The van der Waals surface area contributed by atoms with Gasteiger partial charge in [-0.3, -0.25) is 15.1 Å². The van der Waals surface area contributed by atoms with E-state index in [1.807, 2.05) is 24.3 Å². The summed E-state index contributed by atoms with van der Waals surface area (Å²) >= 11 is 5.96. The van der Waals surface area contributed by atoms with Gasteiger partial charge in [-0.25, -0.2) is 0 Å². The fourth-order valence-corrected chi connectivity index (χ4v) is 5.51. The molecule has 0 aliphatic carbocycles. The Morgan fingerprint density at radius 1 is 1.18 bits per heavy atom. The average molecular weight is 550 g/mol. The second kappa shape index (κ2) is 10.7. The number of pyridine rings is 1. The van der Waals surface area contributed by atoms with Gasteiger partial charge in [0.05, 0.1) is 21.8 Å². The standard InChI is InChI=1S/C30H32ClN3O5/c1-29(2,35)20-8-10-28-24(17-20)22(23-5-3-13-32-26(23)19-39-28)6-4-14-33-15-11-30(36,12-16-33)21-7-9-25(31)27(18-21)34(37)38/h3,5-10,13,17-18,35-36H,4,11-12,14-16,19H2,1-2H3. The summed E-state index contributed by atoms with van der Waals surface area (Å²) in [6, 6.07) is 14.3.